The molecule has 0 unspecified atom stereocenters. The van der Waals surface area contributed by atoms with Crippen LogP contribution in [-0.2, 0) is 7.05 Å². The van der Waals surface area contributed by atoms with Gasteiger partial charge in [0.25, 0.3) is 11.8 Å². The van der Waals surface area contributed by atoms with E-state index in [1.54, 1.807) is 36.4 Å². The van der Waals surface area contributed by atoms with Crippen molar-refractivity contribution >= 4 is 11.7 Å². The Hall–Kier alpha value is -2.64. The molecule has 0 bridgehead atoms. The van der Waals surface area contributed by atoms with E-state index in [0.29, 0.717) is 37.1 Å². The lowest BCUT2D eigenvalue weighted by Gasteiger charge is -2.32. The number of carbonyl (C=O) groups excluding carboxylic acids is 1. The molecule has 0 saturated carbocycles. The van der Waals surface area contributed by atoms with Crippen LogP contribution in [-0.4, -0.2) is 56.3 Å². The van der Waals surface area contributed by atoms with Gasteiger partial charge >= 0.3 is 0 Å². The molecule has 8 nitrogen and oxygen atoms in total. The third-order valence-corrected chi connectivity index (χ3v) is 4.27. The summed E-state index contributed by atoms with van der Waals surface area (Å²) < 4.78 is 7.25. The zero-order valence-electron chi connectivity index (χ0n) is 14.7. The van der Waals surface area contributed by atoms with Crippen molar-refractivity contribution in [3.8, 4) is 5.88 Å². The van der Waals surface area contributed by atoms with E-state index < -0.39 is 0 Å². The molecular formula is C17H24N6O2. The Balaban J connectivity index is 1.56. The van der Waals surface area contributed by atoms with E-state index in [0.717, 1.165) is 19.3 Å². The lowest BCUT2D eigenvalue weighted by Crippen LogP contribution is -2.43. The molecule has 2 aromatic heterocycles. The van der Waals surface area contributed by atoms with E-state index in [1.165, 1.54) is 0 Å². The summed E-state index contributed by atoms with van der Waals surface area (Å²) in [6.45, 7) is 4.07. The van der Waals surface area contributed by atoms with E-state index in [2.05, 4.69) is 27.3 Å². The number of rotatable bonds is 6. The number of anilines is 1. The van der Waals surface area contributed by atoms with Gasteiger partial charge in [0.1, 0.15) is 5.69 Å². The Morgan fingerprint density at radius 3 is 2.72 bits per heavy atom. The van der Waals surface area contributed by atoms with Crippen molar-refractivity contribution in [3.05, 3.63) is 30.4 Å². The predicted octanol–water partition coefficient (Wildman–Crippen LogP) is 1.72. The molecule has 8 heteroatoms. The third kappa shape index (κ3) is 4.07. The number of ether oxygens (including phenoxy) is 1. The highest BCUT2D eigenvalue weighted by molar-refractivity contribution is 5.92. The van der Waals surface area contributed by atoms with Gasteiger partial charge in [-0.15, -0.1) is 0 Å². The van der Waals surface area contributed by atoms with Crippen LogP contribution in [0.25, 0.3) is 0 Å². The summed E-state index contributed by atoms with van der Waals surface area (Å²) in [5.74, 6) is 1.25. The number of aromatic nitrogens is 4. The lowest BCUT2D eigenvalue weighted by atomic mass is 10.0. The van der Waals surface area contributed by atoms with Gasteiger partial charge < -0.3 is 15.0 Å². The number of piperidine rings is 1. The number of carbonyl (C=O) groups is 1. The Bertz CT molecular complexity index is 709. The molecule has 1 N–H and O–H groups in total. The first-order chi connectivity index (χ1) is 12.2. The maximum Gasteiger partial charge on any atom is 0.272 e. The smallest absolute Gasteiger partial charge is 0.272 e. The highest BCUT2D eigenvalue weighted by atomic mass is 16.5. The van der Waals surface area contributed by atoms with Gasteiger partial charge in [0, 0.05) is 44.8 Å². The minimum atomic E-state index is 0.0323. The number of hydrogen-bond donors (Lipinski definition) is 1. The maximum atomic E-state index is 12.5. The zero-order valence-corrected chi connectivity index (χ0v) is 14.7. The Morgan fingerprint density at radius 2 is 2.04 bits per heavy atom. The molecule has 1 aliphatic rings. The van der Waals surface area contributed by atoms with E-state index in [4.69, 9.17) is 4.74 Å². The number of hydrogen-bond acceptors (Lipinski definition) is 6. The second-order valence-electron chi connectivity index (χ2n) is 6.11. The largest absolute Gasteiger partial charge is 0.475 e. The van der Waals surface area contributed by atoms with Crippen LogP contribution < -0.4 is 10.1 Å². The first-order valence-corrected chi connectivity index (χ1v) is 8.66. The lowest BCUT2D eigenvalue weighted by molar-refractivity contribution is 0.0707. The van der Waals surface area contributed by atoms with Crippen LogP contribution in [0.2, 0.25) is 0 Å². The van der Waals surface area contributed by atoms with Gasteiger partial charge in [-0.2, -0.15) is 5.10 Å². The molecule has 1 aliphatic heterocycles. The Morgan fingerprint density at radius 1 is 1.28 bits per heavy atom. The fourth-order valence-corrected chi connectivity index (χ4v) is 2.89. The van der Waals surface area contributed by atoms with Crippen LogP contribution in [0.4, 0.5) is 5.82 Å². The fourth-order valence-electron chi connectivity index (χ4n) is 2.89. The maximum absolute atomic E-state index is 12.5. The number of likely N-dealkylation sites (tertiary alicyclic amines) is 1. The molecule has 0 spiro atoms. The van der Waals surface area contributed by atoms with Gasteiger partial charge in [0.05, 0.1) is 6.61 Å². The van der Waals surface area contributed by atoms with Gasteiger partial charge in [0.15, 0.2) is 5.82 Å². The third-order valence-electron chi connectivity index (χ3n) is 4.27. The van der Waals surface area contributed by atoms with Crippen molar-refractivity contribution < 1.29 is 9.53 Å². The summed E-state index contributed by atoms with van der Waals surface area (Å²) in [6, 6.07) is 2.00. The quantitative estimate of drug-likeness (QED) is 0.859. The molecule has 0 aliphatic carbocycles. The molecule has 25 heavy (non-hydrogen) atoms. The highest BCUT2D eigenvalue weighted by Gasteiger charge is 2.25. The zero-order chi connectivity index (χ0) is 17.6. The standard InChI is InChI=1S/C17H24N6O2/c1-3-12-25-16-15(18-8-9-19-16)21-13-5-10-23(11-6-13)17(24)14-4-7-20-22(14)2/h4,7-9,13H,3,5-6,10-12H2,1-2H3,(H,18,21). The minimum Gasteiger partial charge on any atom is -0.475 e. The monoisotopic (exact) mass is 344 g/mol. The van der Waals surface area contributed by atoms with Gasteiger partial charge in [-0.25, -0.2) is 9.97 Å². The van der Waals surface area contributed by atoms with Crippen LogP contribution >= 0.6 is 0 Å². The van der Waals surface area contributed by atoms with E-state index >= 15 is 0 Å². The van der Waals surface area contributed by atoms with Crippen LogP contribution in [0.1, 0.15) is 36.7 Å². The molecule has 1 amide bonds. The predicted molar refractivity (Wildman–Crippen MR) is 93.6 cm³/mol. The molecule has 3 rings (SSSR count). The van der Waals surface area contributed by atoms with Gasteiger partial charge in [-0.3, -0.25) is 9.48 Å². The highest BCUT2D eigenvalue weighted by Crippen LogP contribution is 2.22. The molecule has 1 saturated heterocycles. The van der Waals surface area contributed by atoms with E-state index in [9.17, 15) is 4.79 Å². The van der Waals surface area contributed by atoms with Gasteiger partial charge in [-0.1, -0.05) is 6.92 Å². The van der Waals surface area contributed by atoms with E-state index in [-0.39, 0.29) is 11.9 Å². The first-order valence-electron chi connectivity index (χ1n) is 8.66. The minimum absolute atomic E-state index is 0.0323. The average molecular weight is 344 g/mol. The molecule has 2 aromatic rings. The summed E-state index contributed by atoms with van der Waals surface area (Å²) in [4.78, 5) is 23.0. The molecule has 134 valence electrons. The summed E-state index contributed by atoms with van der Waals surface area (Å²) >= 11 is 0. The second kappa shape index (κ2) is 7.96. The second-order valence-corrected chi connectivity index (χ2v) is 6.11. The van der Waals surface area contributed by atoms with Crippen molar-refractivity contribution in [2.24, 2.45) is 7.05 Å². The van der Waals surface area contributed by atoms with Crippen molar-refractivity contribution in [1.82, 2.24) is 24.6 Å². The molecule has 1 fully saturated rings. The fraction of sp³-hybridized carbons (Fsp3) is 0.529. The summed E-state index contributed by atoms with van der Waals surface area (Å²) in [6.07, 6.45) is 7.56. The Labute approximate surface area is 147 Å². The van der Waals surface area contributed by atoms with Crippen LogP contribution in [0, 0.1) is 0 Å². The van der Waals surface area contributed by atoms with Gasteiger partial charge in [0.2, 0.25) is 0 Å². The van der Waals surface area contributed by atoms with Crippen LogP contribution in [0.15, 0.2) is 24.7 Å². The Kier molecular flexibility index (Phi) is 5.47. The molecule has 3 heterocycles. The van der Waals surface area contributed by atoms with Crippen molar-refractivity contribution in [1.29, 1.82) is 0 Å². The first kappa shape index (κ1) is 17.2. The molecular weight excluding hydrogens is 320 g/mol. The molecule has 0 radical (unpaired) electrons. The number of amides is 1. The molecule has 0 aromatic carbocycles. The topological polar surface area (TPSA) is 85.2 Å². The number of nitrogens with zero attached hydrogens (tertiary/aromatic N) is 5. The van der Waals surface area contributed by atoms with Crippen molar-refractivity contribution in [2.75, 3.05) is 25.0 Å². The van der Waals surface area contributed by atoms with E-state index in [1.807, 2.05) is 4.90 Å². The molecule has 0 atom stereocenters. The summed E-state index contributed by atoms with van der Waals surface area (Å²) in [7, 11) is 1.79. The van der Waals surface area contributed by atoms with Crippen molar-refractivity contribution in [2.45, 2.75) is 32.2 Å². The van der Waals surface area contributed by atoms with Crippen LogP contribution in [0.3, 0.4) is 0 Å². The van der Waals surface area contributed by atoms with Crippen molar-refractivity contribution in [3.63, 3.8) is 0 Å². The number of aryl methyl sites for hydroxylation is 1. The average Bonchev–Trinajstić information content (AvgIpc) is 3.07. The normalized spacial score (nSPS) is 15.2. The summed E-state index contributed by atoms with van der Waals surface area (Å²) in [5, 5.41) is 7.48. The van der Waals surface area contributed by atoms with Crippen LogP contribution in [0.5, 0.6) is 5.88 Å². The van der Waals surface area contributed by atoms with Gasteiger partial charge in [-0.05, 0) is 25.3 Å². The summed E-state index contributed by atoms with van der Waals surface area (Å²) in [5.41, 5.74) is 0.621. The number of nitrogens with one attached hydrogen (secondary N) is 1. The SMILES string of the molecule is CCCOc1nccnc1NC1CCN(C(=O)c2ccnn2C)CC1.